The Kier molecular flexibility index (Phi) is 6.84. The molecule has 26 heavy (non-hydrogen) atoms. The summed E-state index contributed by atoms with van der Waals surface area (Å²) in [5.41, 5.74) is 1.67. The number of carbonyl (C=O) groups is 2. The molecule has 0 saturated heterocycles. The van der Waals surface area contributed by atoms with Crippen LogP contribution in [0.1, 0.15) is 12.5 Å². The van der Waals surface area contributed by atoms with Gasteiger partial charge in [0.05, 0.1) is 13.2 Å². The van der Waals surface area contributed by atoms with Crippen molar-refractivity contribution in [2.24, 2.45) is 0 Å². The van der Waals surface area contributed by atoms with Crippen molar-refractivity contribution in [1.82, 2.24) is 0 Å². The second-order valence-corrected chi connectivity index (χ2v) is 5.24. The molecular weight excluding hydrogens is 342 g/mol. The van der Waals surface area contributed by atoms with Crippen LogP contribution < -0.4 is 10.6 Å². The van der Waals surface area contributed by atoms with Gasteiger partial charge in [-0.1, -0.05) is 12.1 Å². The number of halogens is 2. The molecule has 136 valence electrons. The first-order chi connectivity index (χ1) is 12.5. The van der Waals surface area contributed by atoms with E-state index in [0.717, 1.165) is 17.7 Å². The van der Waals surface area contributed by atoms with Gasteiger partial charge >= 0.3 is 5.97 Å². The lowest BCUT2D eigenvalue weighted by Crippen LogP contribution is -2.21. The molecule has 5 nitrogen and oxygen atoms in total. The minimum Gasteiger partial charge on any atom is -0.463 e. The summed E-state index contributed by atoms with van der Waals surface area (Å²) in [5, 5.41) is 5.37. The fourth-order valence-electron chi connectivity index (χ4n) is 2.03. The Morgan fingerprint density at radius 1 is 1.04 bits per heavy atom. The second kappa shape index (κ2) is 9.31. The fourth-order valence-corrected chi connectivity index (χ4v) is 2.03. The second-order valence-electron chi connectivity index (χ2n) is 5.24. The van der Waals surface area contributed by atoms with Crippen LogP contribution in [0.5, 0.6) is 0 Å². The lowest BCUT2D eigenvalue weighted by molar-refractivity contribution is -0.137. The highest BCUT2D eigenvalue weighted by molar-refractivity contribution is 5.93. The minimum absolute atomic E-state index is 0.0446. The summed E-state index contributed by atoms with van der Waals surface area (Å²) in [5.74, 6) is -2.81. The minimum atomic E-state index is -1.03. The summed E-state index contributed by atoms with van der Waals surface area (Å²) in [6.07, 6.45) is 2.96. The van der Waals surface area contributed by atoms with Gasteiger partial charge in [0.15, 0.2) is 11.6 Å². The molecule has 0 unspecified atom stereocenters. The van der Waals surface area contributed by atoms with Crippen molar-refractivity contribution in [2.45, 2.75) is 6.92 Å². The average molecular weight is 360 g/mol. The number of rotatable bonds is 7. The zero-order valence-electron chi connectivity index (χ0n) is 14.1. The van der Waals surface area contributed by atoms with Crippen LogP contribution in [0.25, 0.3) is 6.08 Å². The van der Waals surface area contributed by atoms with Crippen molar-refractivity contribution in [3.8, 4) is 0 Å². The maximum atomic E-state index is 13.1. The van der Waals surface area contributed by atoms with Crippen LogP contribution in [0.15, 0.2) is 48.5 Å². The molecular formula is C19H18F2N2O3. The van der Waals surface area contributed by atoms with Gasteiger partial charge in [0.25, 0.3) is 0 Å². The van der Waals surface area contributed by atoms with Gasteiger partial charge < -0.3 is 15.4 Å². The monoisotopic (exact) mass is 360 g/mol. The Morgan fingerprint density at radius 3 is 2.38 bits per heavy atom. The van der Waals surface area contributed by atoms with Crippen LogP contribution in [0, 0.1) is 11.6 Å². The summed E-state index contributed by atoms with van der Waals surface area (Å²) in [6.45, 7) is 2.00. The highest BCUT2D eigenvalue weighted by Crippen LogP contribution is 2.14. The van der Waals surface area contributed by atoms with Gasteiger partial charge in [-0.15, -0.1) is 0 Å². The predicted molar refractivity (Wildman–Crippen MR) is 95.6 cm³/mol. The van der Waals surface area contributed by atoms with Crippen molar-refractivity contribution in [3.05, 3.63) is 65.7 Å². The Morgan fingerprint density at radius 2 is 1.73 bits per heavy atom. The largest absolute Gasteiger partial charge is 0.463 e. The van der Waals surface area contributed by atoms with E-state index in [-0.39, 0.29) is 12.2 Å². The van der Waals surface area contributed by atoms with E-state index < -0.39 is 23.5 Å². The Hall–Kier alpha value is -3.22. The maximum absolute atomic E-state index is 13.1. The van der Waals surface area contributed by atoms with Crippen molar-refractivity contribution in [3.63, 3.8) is 0 Å². The SMILES string of the molecule is CCOC(=O)/C=C/c1ccc(NCC(=O)Nc2ccc(F)c(F)c2)cc1. The van der Waals surface area contributed by atoms with E-state index in [4.69, 9.17) is 4.74 Å². The molecule has 0 aliphatic heterocycles. The number of hydrogen-bond donors (Lipinski definition) is 2. The highest BCUT2D eigenvalue weighted by Gasteiger charge is 2.06. The van der Waals surface area contributed by atoms with Crippen molar-refractivity contribution in [1.29, 1.82) is 0 Å². The standard InChI is InChI=1S/C19H18F2N2O3/c1-2-26-19(25)10-5-13-3-6-14(7-4-13)22-12-18(24)23-15-8-9-16(20)17(21)11-15/h3-11,22H,2,12H2,1H3,(H,23,24)/b10-5+. The normalized spacial score (nSPS) is 10.6. The van der Waals surface area contributed by atoms with E-state index in [1.807, 2.05) is 0 Å². The van der Waals surface area contributed by atoms with Gasteiger partial charge in [0.1, 0.15) is 0 Å². The van der Waals surface area contributed by atoms with Crippen LogP contribution in [-0.2, 0) is 14.3 Å². The molecule has 1 amide bonds. The van der Waals surface area contributed by atoms with Crippen LogP contribution in [0.3, 0.4) is 0 Å². The molecule has 0 radical (unpaired) electrons. The maximum Gasteiger partial charge on any atom is 0.330 e. The van der Waals surface area contributed by atoms with E-state index in [1.165, 1.54) is 12.1 Å². The molecule has 0 aromatic heterocycles. The highest BCUT2D eigenvalue weighted by atomic mass is 19.2. The molecule has 2 aromatic carbocycles. The van der Waals surface area contributed by atoms with Gasteiger partial charge in [-0.25, -0.2) is 13.6 Å². The smallest absolute Gasteiger partial charge is 0.330 e. The van der Waals surface area contributed by atoms with E-state index >= 15 is 0 Å². The number of benzene rings is 2. The number of hydrogen-bond acceptors (Lipinski definition) is 4. The van der Waals surface area contributed by atoms with E-state index in [1.54, 1.807) is 37.3 Å². The molecule has 0 fully saturated rings. The van der Waals surface area contributed by atoms with Gasteiger partial charge in [-0.2, -0.15) is 0 Å². The van der Waals surface area contributed by atoms with Gasteiger partial charge in [-0.3, -0.25) is 4.79 Å². The third kappa shape index (κ3) is 6.01. The third-order valence-corrected chi connectivity index (χ3v) is 3.27. The Labute approximate surface area is 149 Å². The molecule has 0 heterocycles. The Balaban J connectivity index is 1.84. The van der Waals surface area contributed by atoms with Gasteiger partial charge in [0.2, 0.25) is 5.91 Å². The molecule has 0 spiro atoms. The zero-order valence-corrected chi connectivity index (χ0v) is 14.1. The van der Waals surface area contributed by atoms with Crippen LogP contribution in [0.2, 0.25) is 0 Å². The van der Waals surface area contributed by atoms with E-state index in [2.05, 4.69) is 10.6 Å². The molecule has 2 N–H and O–H groups in total. The number of esters is 1. The summed E-state index contributed by atoms with van der Waals surface area (Å²) in [7, 11) is 0. The third-order valence-electron chi connectivity index (χ3n) is 3.27. The first-order valence-electron chi connectivity index (χ1n) is 7.91. The summed E-state index contributed by atoms with van der Waals surface area (Å²) in [4.78, 5) is 23.1. The van der Waals surface area contributed by atoms with Crippen LogP contribution >= 0.6 is 0 Å². The average Bonchev–Trinajstić information content (AvgIpc) is 2.62. The molecule has 0 aliphatic carbocycles. The Bertz CT molecular complexity index is 805. The lowest BCUT2D eigenvalue weighted by atomic mass is 10.2. The zero-order chi connectivity index (χ0) is 18.9. The molecule has 0 aliphatic rings. The number of carbonyl (C=O) groups excluding carboxylic acids is 2. The number of anilines is 2. The van der Waals surface area contributed by atoms with Crippen LogP contribution in [0.4, 0.5) is 20.2 Å². The molecule has 2 rings (SSSR count). The topological polar surface area (TPSA) is 67.4 Å². The number of ether oxygens (including phenoxy) is 1. The van der Waals surface area contributed by atoms with E-state index in [9.17, 15) is 18.4 Å². The quantitative estimate of drug-likeness (QED) is 0.585. The number of nitrogens with one attached hydrogen (secondary N) is 2. The summed E-state index contributed by atoms with van der Waals surface area (Å²) >= 11 is 0. The first-order valence-corrected chi connectivity index (χ1v) is 7.91. The molecule has 0 saturated carbocycles. The molecule has 0 atom stereocenters. The van der Waals surface area contributed by atoms with Gasteiger partial charge in [-0.05, 0) is 42.8 Å². The van der Waals surface area contributed by atoms with E-state index in [0.29, 0.717) is 12.3 Å². The first kappa shape index (κ1) is 19.1. The fraction of sp³-hybridized carbons (Fsp3) is 0.158. The lowest BCUT2D eigenvalue weighted by Gasteiger charge is -2.08. The predicted octanol–water partition coefficient (Wildman–Crippen LogP) is 3.59. The molecule has 7 heteroatoms. The van der Waals surface area contributed by atoms with Gasteiger partial charge in [0, 0.05) is 23.5 Å². The van der Waals surface area contributed by atoms with Crippen molar-refractivity contribution in [2.75, 3.05) is 23.8 Å². The number of amides is 1. The summed E-state index contributed by atoms with van der Waals surface area (Å²) < 4.78 is 30.7. The molecule has 2 aromatic rings. The van der Waals surface area contributed by atoms with Crippen LogP contribution in [-0.4, -0.2) is 25.0 Å². The van der Waals surface area contributed by atoms with Crippen molar-refractivity contribution >= 4 is 29.3 Å². The van der Waals surface area contributed by atoms with Crippen molar-refractivity contribution < 1.29 is 23.1 Å². The molecule has 0 bridgehead atoms. The summed E-state index contributed by atoms with van der Waals surface area (Å²) in [6, 6.07) is 10.2.